The van der Waals surface area contributed by atoms with Crippen molar-refractivity contribution in [2.75, 3.05) is 13.7 Å². The van der Waals surface area contributed by atoms with Gasteiger partial charge in [-0.2, -0.15) is 0 Å². The number of methoxy groups -OCH3 is 1. The van der Waals surface area contributed by atoms with E-state index >= 15 is 0 Å². The molecule has 1 aromatic heterocycles. The normalized spacial score (nSPS) is 30.1. The van der Waals surface area contributed by atoms with Gasteiger partial charge in [-0.25, -0.2) is 22.6 Å². The Kier molecular flexibility index (Phi) is 10.9. The van der Waals surface area contributed by atoms with Crippen LogP contribution in [0, 0.1) is 23.6 Å². The Bertz CT molecular complexity index is 2020. The summed E-state index contributed by atoms with van der Waals surface area (Å²) < 4.78 is 59.5. The van der Waals surface area contributed by atoms with Crippen LogP contribution in [-0.4, -0.2) is 89.8 Å². The molecule has 6 rings (SSSR count). The number of carbonyl (C=O) groups is 4. The Balaban J connectivity index is 0.00000300. The second-order valence-electron chi connectivity index (χ2n) is 16.9. The second-order valence-corrected chi connectivity index (χ2v) is 19.1. The number of pyridine rings is 1. The van der Waals surface area contributed by atoms with Crippen molar-refractivity contribution in [3.63, 3.8) is 0 Å². The van der Waals surface area contributed by atoms with E-state index in [9.17, 15) is 32.0 Å². The number of benzene rings is 1. The number of ether oxygens (including phenoxy) is 3. The van der Waals surface area contributed by atoms with Crippen LogP contribution < -0.4 is 24.8 Å². The van der Waals surface area contributed by atoms with Crippen LogP contribution >= 0.6 is 0 Å². The first-order valence-electron chi connectivity index (χ1n) is 18.9. The molecule has 16 heteroatoms. The largest absolute Gasteiger partial charge is 0.497 e. The van der Waals surface area contributed by atoms with E-state index in [2.05, 4.69) is 27.3 Å². The van der Waals surface area contributed by atoms with Crippen molar-refractivity contribution in [1.29, 1.82) is 0 Å². The van der Waals surface area contributed by atoms with Gasteiger partial charge < -0.3 is 29.7 Å². The molecule has 4 amide bonds. The molecule has 3 heterocycles. The molecule has 4 aliphatic rings. The van der Waals surface area contributed by atoms with Gasteiger partial charge in [-0.15, -0.1) is 0 Å². The summed E-state index contributed by atoms with van der Waals surface area (Å²) in [4.78, 5) is 61.8. The predicted molar refractivity (Wildman–Crippen MR) is 207 cm³/mol. The first-order chi connectivity index (χ1) is 25.8. The van der Waals surface area contributed by atoms with Crippen LogP contribution in [0.1, 0.15) is 90.8 Å². The molecule has 0 radical (unpaired) electrons. The number of nitrogens with one attached hydrogen (secondary N) is 3. The van der Waals surface area contributed by atoms with E-state index in [1.165, 1.54) is 18.1 Å². The fourth-order valence-electron chi connectivity index (χ4n) is 7.57. The lowest BCUT2D eigenvalue weighted by atomic mass is 9.88. The summed E-state index contributed by atoms with van der Waals surface area (Å²) >= 11 is 0. The van der Waals surface area contributed by atoms with Gasteiger partial charge in [0.25, 0.3) is 5.91 Å². The van der Waals surface area contributed by atoms with E-state index in [0.29, 0.717) is 36.8 Å². The van der Waals surface area contributed by atoms with Gasteiger partial charge in [-0.05, 0) is 96.3 Å². The maximum absolute atomic E-state index is 14.9. The Morgan fingerprint density at radius 1 is 1.13 bits per heavy atom. The minimum atomic E-state index is -4.02. The van der Waals surface area contributed by atoms with Gasteiger partial charge in [0.05, 0.1) is 24.6 Å². The van der Waals surface area contributed by atoms with Gasteiger partial charge in [-0.3, -0.25) is 19.1 Å². The Hall–Kier alpha value is -4.47. The van der Waals surface area contributed by atoms with Crippen molar-refractivity contribution in [2.24, 2.45) is 17.8 Å². The molecule has 1 saturated heterocycles. The van der Waals surface area contributed by atoms with E-state index in [-0.39, 0.29) is 46.8 Å². The second kappa shape index (κ2) is 14.9. The lowest BCUT2D eigenvalue weighted by molar-refractivity contribution is -0.142. The first kappa shape index (κ1) is 40.2. The summed E-state index contributed by atoms with van der Waals surface area (Å²) in [5.41, 5.74) is -2.42. The molecule has 3 N–H and O–H groups in total. The molecular weight excluding hydrogens is 734 g/mol. The number of nitrogens with zero attached hydrogens (tertiary/aromatic N) is 2. The SMILES string of the molecule is COc1ccc2c(O[C@@H]3C[C@H]4C(=O)N[C@]5(C(=O)NS(=O)(=O)C6(C)CC6)C[C@H]5/C=C\CC[C@@H](C)C[C@@H](C)[C@H](NC(=O)OC(C)(C)C)C(=O)N4C3)ncc(F)c2c1.[HH].[HH].[HH]. The average Bonchev–Trinajstić information content (AvgIpc) is 3.99. The third-order valence-electron chi connectivity index (χ3n) is 11.2. The zero-order valence-corrected chi connectivity index (χ0v) is 33.3. The van der Waals surface area contributed by atoms with Crippen molar-refractivity contribution in [3.8, 4) is 11.6 Å². The van der Waals surface area contributed by atoms with Gasteiger partial charge in [0.15, 0.2) is 0 Å². The number of sulfonamides is 1. The number of alkyl carbamates (subject to hydrolysis) is 1. The van der Waals surface area contributed by atoms with E-state index < -0.39 is 79.6 Å². The van der Waals surface area contributed by atoms with Gasteiger partial charge in [-0.1, -0.05) is 26.0 Å². The summed E-state index contributed by atoms with van der Waals surface area (Å²) in [6.45, 7) is 10.5. The van der Waals surface area contributed by atoms with Gasteiger partial charge in [0.2, 0.25) is 27.7 Å². The predicted octanol–water partition coefficient (Wildman–Crippen LogP) is 5.25. The maximum Gasteiger partial charge on any atom is 0.408 e. The van der Waals surface area contributed by atoms with Gasteiger partial charge >= 0.3 is 6.09 Å². The molecule has 0 unspecified atom stereocenters. The van der Waals surface area contributed by atoms with Crippen molar-refractivity contribution < 1.29 is 50.5 Å². The van der Waals surface area contributed by atoms with Crippen LogP contribution in [0.2, 0.25) is 0 Å². The average molecular weight is 792 g/mol. The molecule has 2 aliphatic carbocycles. The number of aromatic nitrogens is 1. The number of hydrogen-bond acceptors (Lipinski definition) is 10. The van der Waals surface area contributed by atoms with Crippen molar-refractivity contribution >= 4 is 44.6 Å². The van der Waals surface area contributed by atoms with Crippen molar-refractivity contribution in [3.05, 3.63) is 42.4 Å². The smallest absolute Gasteiger partial charge is 0.408 e. The lowest BCUT2D eigenvalue weighted by Crippen LogP contribution is -2.59. The molecule has 0 bridgehead atoms. The fraction of sp³-hybridized carbons (Fsp3) is 0.615. The molecule has 1 aromatic carbocycles. The zero-order chi connectivity index (χ0) is 40.1. The highest BCUT2D eigenvalue weighted by molar-refractivity contribution is 7.91. The number of amides is 4. The van der Waals surface area contributed by atoms with Gasteiger partial charge in [0, 0.05) is 27.4 Å². The fourth-order valence-corrected chi connectivity index (χ4v) is 8.88. The summed E-state index contributed by atoms with van der Waals surface area (Å²) in [6, 6.07) is 2.46. The molecule has 306 valence electrons. The van der Waals surface area contributed by atoms with Crippen LogP contribution in [0.5, 0.6) is 11.6 Å². The Labute approximate surface area is 325 Å². The topological polar surface area (TPSA) is 182 Å². The van der Waals surface area contributed by atoms with Crippen molar-refractivity contribution in [1.82, 2.24) is 25.2 Å². The number of rotatable bonds is 7. The number of carbonyl (C=O) groups excluding carboxylic acids is 4. The molecule has 55 heavy (non-hydrogen) atoms. The van der Waals surface area contributed by atoms with E-state index in [1.54, 1.807) is 39.8 Å². The summed E-state index contributed by atoms with van der Waals surface area (Å²) in [5, 5.41) is 6.18. The summed E-state index contributed by atoms with van der Waals surface area (Å²) in [7, 11) is -2.56. The Morgan fingerprint density at radius 2 is 1.85 bits per heavy atom. The standard InChI is InChI=1S/C39H52FN5O9S.3H2/c1-22-10-8-9-11-24-19-39(24,35(48)44-55(50,51)38(6)14-15-38)43-32(46)30-18-26(53-33-27-13-12-25(52-7)17-28(27)29(40)20-41-33)21-45(30)34(47)31(23(2)16-22)42-36(49)54-37(3,4)5;;;/h9,11-13,17,20,22-24,26,30-31H,8,10,14-16,18-19,21H2,1-7H3,(H,42,49)(H,43,46)(H,44,48);3*1H/b11-9-;;;/t22-,23-,24-,26-,30+,31+,39-;;;/m1.../s1. The lowest BCUT2D eigenvalue weighted by Gasteiger charge is -2.33. The highest BCUT2D eigenvalue weighted by atomic mass is 32.2. The van der Waals surface area contributed by atoms with Gasteiger partial charge in [0.1, 0.15) is 40.9 Å². The third-order valence-corrected chi connectivity index (χ3v) is 13.4. The number of halogens is 1. The van der Waals surface area contributed by atoms with E-state index in [0.717, 1.165) is 12.6 Å². The molecule has 3 fully saturated rings. The molecule has 7 atom stereocenters. The molecule has 0 spiro atoms. The number of fused-ring (bicyclic) bond motifs is 3. The maximum atomic E-state index is 14.9. The molecule has 2 aromatic rings. The molecule has 14 nitrogen and oxygen atoms in total. The molecule has 2 aliphatic heterocycles. The summed E-state index contributed by atoms with van der Waals surface area (Å²) in [6.07, 6.45) is 6.09. The van der Waals surface area contributed by atoms with Crippen LogP contribution in [0.25, 0.3) is 10.8 Å². The minimum Gasteiger partial charge on any atom is -0.497 e. The quantitative estimate of drug-likeness (QED) is 0.314. The van der Waals surface area contributed by atoms with Crippen LogP contribution in [0.3, 0.4) is 0 Å². The van der Waals surface area contributed by atoms with E-state index in [1.807, 2.05) is 19.1 Å². The van der Waals surface area contributed by atoms with Crippen LogP contribution in [0.15, 0.2) is 36.5 Å². The highest BCUT2D eigenvalue weighted by Gasteiger charge is 2.63. The highest BCUT2D eigenvalue weighted by Crippen LogP contribution is 2.47. The minimum absolute atomic E-state index is 0. The van der Waals surface area contributed by atoms with Crippen LogP contribution in [-0.2, 0) is 29.1 Å². The zero-order valence-electron chi connectivity index (χ0n) is 32.4. The molecular formula is C39H58FN5O9S. The van der Waals surface area contributed by atoms with Crippen molar-refractivity contribution in [2.45, 2.75) is 121 Å². The van der Waals surface area contributed by atoms with Crippen LogP contribution in [0.4, 0.5) is 9.18 Å². The van der Waals surface area contributed by atoms with E-state index in [4.69, 9.17) is 14.2 Å². The third kappa shape index (κ3) is 8.53. The molecule has 2 saturated carbocycles. The summed E-state index contributed by atoms with van der Waals surface area (Å²) in [5.74, 6) is -2.91. The number of hydrogen-bond donors (Lipinski definition) is 3. The Morgan fingerprint density at radius 3 is 2.53 bits per heavy atom. The number of allylic oxidation sites excluding steroid dienone is 1. The first-order valence-corrected chi connectivity index (χ1v) is 20.4. The monoisotopic (exact) mass is 791 g/mol.